The van der Waals surface area contributed by atoms with E-state index in [2.05, 4.69) is 20.6 Å². The van der Waals surface area contributed by atoms with E-state index in [-0.39, 0.29) is 5.56 Å². The highest BCUT2D eigenvalue weighted by atomic mass is 32.1. The van der Waals surface area contributed by atoms with E-state index < -0.39 is 0 Å². The highest BCUT2D eigenvalue weighted by molar-refractivity contribution is 7.80. The molecule has 0 amide bonds. The van der Waals surface area contributed by atoms with Gasteiger partial charge in [-0.15, -0.1) is 0 Å². The molecule has 0 aliphatic carbocycles. The monoisotopic (exact) mass is 278 g/mol. The second kappa shape index (κ2) is 6.26. The van der Waals surface area contributed by atoms with Crippen LogP contribution in [0.25, 0.3) is 10.9 Å². The minimum Gasteiger partial charge on any atom is -0.383 e. The van der Waals surface area contributed by atoms with Crippen LogP contribution in [0.15, 0.2) is 29.3 Å². The molecule has 0 bridgehead atoms. The maximum atomic E-state index is 11.6. The van der Waals surface area contributed by atoms with Crippen LogP contribution in [-0.2, 0) is 4.74 Å². The molecule has 1 heterocycles. The number of rotatable bonds is 4. The van der Waals surface area contributed by atoms with Crippen LogP contribution in [0.1, 0.15) is 0 Å². The lowest BCUT2D eigenvalue weighted by Gasteiger charge is -2.10. The molecule has 0 saturated carbocycles. The molecule has 3 N–H and O–H groups in total. The highest BCUT2D eigenvalue weighted by Gasteiger charge is 2.02. The molecular weight excluding hydrogens is 264 g/mol. The number of aromatic amines is 1. The zero-order valence-corrected chi connectivity index (χ0v) is 11.2. The molecule has 2 aromatic rings. The number of H-pyrrole nitrogens is 1. The Labute approximate surface area is 115 Å². The number of thiocarbonyl (C=S) groups is 1. The van der Waals surface area contributed by atoms with Crippen molar-refractivity contribution in [2.75, 3.05) is 25.6 Å². The number of methoxy groups -OCH3 is 1. The van der Waals surface area contributed by atoms with Crippen LogP contribution >= 0.6 is 12.2 Å². The van der Waals surface area contributed by atoms with Crippen LogP contribution < -0.4 is 16.2 Å². The summed E-state index contributed by atoms with van der Waals surface area (Å²) in [4.78, 5) is 18.3. The van der Waals surface area contributed by atoms with Gasteiger partial charge in [0.05, 0.1) is 23.8 Å². The number of ether oxygens (including phenoxy) is 1. The van der Waals surface area contributed by atoms with Crippen molar-refractivity contribution in [3.8, 4) is 0 Å². The van der Waals surface area contributed by atoms with E-state index in [9.17, 15) is 4.79 Å². The summed E-state index contributed by atoms with van der Waals surface area (Å²) >= 11 is 5.13. The maximum absolute atomic E-state index is 11.6. The Kier molecular flexibility index (Phi) is 4.43. The molecule has 0 unspecified atom stereocenters. The molecule has 0 aliphatic heterocycles. The molecule has 2 rings (SSSR count). The van der Waals surface area contributed by atoms with Gasteiger partial charge in [0, 0.05) is 19.3 Å². The topological polar surface area (TPSA) is 79.0 Å². The Balaban J connectivity index is 2.11. The van der Waals surface area contributed by atoms with E-state index in [4.69, 9.17) is 17.0 Å². The molecule has 1 aromatic carbocycles. The quantitative estimate of drug-likeness (QED) is 0.568. The lowest BCUT2D eigenvalue weighted by Crippen LogP contribution is -2.31. The fourth-order valence-corrected chi connectivity index (χ4v) is 1.81. The first-order chi connectivity index (χ1) is 9.20. The maximum Gasteiger partial charge on any atom is 0.258 e. The largest absolute Gasteiger partial charge is 0.383 e. The number of fused-ring (bicyclic) bond motifs is 1. The first kappa shape index (κ1) is 13.4. The Morgan fingerprint density at radius 2 is 2.37 bits per heavy atom. The molecule has 0 radical (unpaired) electrons. The standard InChI is InChI=1S/C12H14N4O2S/c1-18-5-4-13-12(19)16-8-2-3-10-9(6-8)11(17)15-7-14-10/h2-3,6-7H,4-5H2,1H3,(H2,13,16,19)(H,14,15,17). The van der Waals surface area contributed by atoms with Crippen LogP contribution in [0.2, 0.25) is 0 Å². The van der Waals surface area contributed by atoms with E-state index in [1.807, 2.05) is 6.07 Å². The molecule has 0 spiro atoms. The summed E-state index contributed by atoms with van der Waals surface area (Å²) in [6.07, 6.45) is 1.38. The summed E-state index contributed by atoms with van der Waals surface area (Å²) in [5, 5.41) is 7.00. The third-order valence-electron chi connectivity index (χ3n) is 2.49. The van der Waals surface area contributed by atoms with Crippen LogP contribution in [-0.4, -0.2) is 35.3 Å². The fraction of sp³-hybridized carbons (Fsp3) is 0.250. The molecule has 0 atom stereocenters. The van der Waals surface area contributed by atoms with Gasteiger partial charge < -0.3 is 20.4 Å². The van der Waals surface area contributed by atoms with E-state index in [0.717, 1.165) is 5.69 Å². The summed E-state index contributed by atoms with van der Waals surface area (Å²) in [7, 11) is 1.63. The van der Waals surface area contributed by atoms with Crippen LogP contribution in [0.5, 0.6) is 0 Å². The third-order valence-corrected chi connectivity index (χ3v) is 2.74. The van der Waals surface area contributed by atoms with Gasteiger partial charge in [0.25, 0.3) is 5.56 Å². The second-order valence-electron chi connectivity index (χ2n) is 3.84. The van der Waals surface area contributed by atoms with Crippen molar-refractivity contribution in [2.45, 2.75) is 0 Å². The minimum atomic E-state index is -0.174. The lowest BCUT2D eigenvalue weighted by atomic mass is 10.2. The molecule has 6 nitrogen and oxygen atoms in total. The van der Waals surface area contributed by atoms with Gasteiger partial charge in [-0.3, -0.25) is 4.79 Å². The van der Waals surface area contributed by atoms with E-state index in [1.165, 1.54) is 6.33 Å². The predicted octanol–water partition coefficient (Wildman–Crippen LogP) is 0.856. The number of anilines is 1. The van der Waals surface area contributed by atoms with E-state index >= 15 is 0 Å². The smallest absolute Gasteiger partial charge is 0.258 e. The zero-order chi connectivity index (χ0) is 13.7. The molecule has 7 heteroatoms. The average Bonchev–Trinajstić information content (AvgIpc) is 2.40. The molecule has 1 aromatic heterocycles. The molecule has 0 aliphatic rings. The SMILES string of the molecule is COCCNC(=S)Nc1ccc2nc[nH]c(=O)c2c1. The second-order valence-corrected chi connectivity index (χ2v) is 4.25. The Hall–Kier alpha value is -1.99. The zero-order valence-electron chi connectivity index (χ0n) is 10.4. The van der Waals surface area contributed by atoms with Crippen molar-refractivity contribution >= 4 is 33.9 Å². The number of nitrogens with one attached hydrogen (secondary N) is 3. The van der Waals surface area contributed by atoms with Crippen LogP contribution in [0, 0.1) is 0 Å². The van der Waals surface area contributed by atoms with Crippen LogP contribution in [0.3, 0.4) is 0 Å². The van der Waals surface area contributed by atoms with Gasteiger partial charge in [0.2, 0.25) is 0 Å². The molecule has 100 valence electrons. The van der Waals surface area contributed by atoms with Gasteiger partial charge in [-0.2, -0.15) is 0 Å². The first-order valence-corrected chi connectivity index (χ1v) is 6.13. The Morgan fingerprint density at radius 1 is 1.53 bits per heavy atom. The molecular formula is C12H14N4O2S. The van der Waals surface area contributed by atoms with Gasteiger partial charge in [0.15, 0.2) is 5.11 Å². The van der Waals surface area contributed by atoms with E-state index in [1.54, 1.807) is 19.2 Å². The summed E-state index contributed by atoms with van der Waals surface area (Å²) in [6, 6.07) is 5.30. The number of benzene rings is 1. The van der Waals surface area contributed by atoms with Crippen molar-refractivity contribution in [1.29, 1.82) is 0 Å². The van der Waals surface area contributed by atoms with Crippen LogP contribution in [0.4, 0.5) is 5.69 Å². The third kappa shape index (κ3) is 3.49. The molecule has 0 fully saturated rings. The number of aromatic nitrogens is 2. The Morgan fingerprint density at radius 3 is 3.16 bits per heavy atom. The van der Waals surface area contributed by atoms with Crippen molar-refractivity contribution in [2.24, 2.45) is 0 Å². The van der Waals surface area contributed by atoms with Gasteiger partial charge in [0.1, 0.15) is 0 Å². The number of hydrogen-bond donors (Lipinski definition) is 3. The summed E-state index contributed by atoms with van der Waals surface area (Å²) < 4.78 is 4.91. The van der Waals surface area contributed by atoms with Gasteiger partial charge >= 0.3 is 0 Å². The summed E-state index contributed by atoms with van der Waals surface area (Å²) in [6.45, 7) is 1.20. The Bertz CT molecular complexity index is 641. The normalized spacial score (nSPS) is 10.4. The van der Waals surface area contributed by atoms with Crippen molar-refractivity contribution in [1.82, 2.24) is 15.3 Å². The first-order valence-electron chi connectivity index (χ1n) is 5.72. The van der Waals surface area contributed by atoms with Crippen molar-refractivity contribution < 1.29 is 4.74 Å². The van der Waals surface area contributed by atoms with Gasteiger partial charge in [-0.25, -0.2) is 4.98 Å². The highest BCUT2D eigenvalue weighted by Crippen LogP contribution is 2.13. The lowest BCUT2D eigenvalue weighted by molar-refractivity contribution is 0.204. The molecule has 0 saturated heterocycles. The molecule has 19 heavy (non-hydrogen) atoms. The minimum absolute atomic E-state index is 0.174. The predicted molar refractivity (Wildman–Crippen MR) is 78.5 cm³/mol. The average molecular weight is 278 g/mol. The number of nitrogens with zero attached hydrogens (tertiary/aromatic N) is 1. The van der Waals surface area contributed by atoms with Gasteiger partial charge in [-0.1, -0.05) is 0 Å². The number of hydrogen-bond acceptors (Lipinski definition) is 4. The summed E-state index contributed by atoms with van der Waals surface area (Å²) in [5.74, 6) is 0. The van der Waals surface area contributed by atoms with Gasteiger partial charge in [-0.05, 0) is 30.4 Å². The van der Waals surface area contributed by atoms with Crippen molar-refractivity contribution in [3.05, 3.63) is 34.9 Å². The van der Waals surface area contributed by atoms with Crippen molar-refractivity contribution in [3.63, 3.8) is 0 Å². The fourth-order valence-electron chi connectivity index (χ4n) is 1.59. The summed E-state index contributed by atoms with van der Waals surface area (Å²) in [5.41, 5.74) is 1.21. The van der Waals surface area contributed by atoms with E-state index in [0.29, 0.717) is 29.2 Å².